The van der Waals surface area contributed by atoms with E-state index < -0.39 is 66.7 Å². The number of hydrogen-bond acceptors (Lipinski definition) is 5. The molecule has 2 aromatic rings. The second kappa shape index (κ2) is 9.92. The van der Waals surface area contributed by atoms with Crippen molar-refractivity contribution in [2.45, 2.75) is 57.6 Å². The Morgan fingerprint density at radius 3 is 2.57 bits per heavy atom. The molecule has 1 saturated carbocycles. The van der Waals surface area contributed by atoms with E-state index >= 15 is 0 Å². The fourth-order valence-electron chi connectivity index (χ4n) is 4.89. The van der Waals surface area contributed by atoms with Crippen molar-refractivity contribution < 1.29 is 37.0 Å². The first kappa shape index (κ1) is 26.8. The number of aromatic nitrogens is 1. The molecule has 2 amide bonds. The summed E-state index contributed by atoms with van der Waals surface area (Å²) >= 11 is 5.79. The second-order valence-corrected chi connectivity index (χ2v) is 10.3. The lowest BCUT2D eigenvalue weighted by molar-refractivity contribution is -0.209. The molecule has 1 atom stereocenters. The number of alkyl halides is 2. The second-order valence-electron chi connectivity index (χ2n) is 9.86. The third-order valence-electron chi connectivity index (χ3n) is 6.51. The maximum atomic E-state index is 13.6. The fourth-order valence-corrected chi connectivity index (χ4v) is 5.07. The first-order chi connectivity index (χ1) is 17.3. The number of benzene rings is 1. The summed E-state index contributed by atoms with van der Waals surface area (Å²) in [5, 5.41) is 5.26. The highest BCUT2D eigenvalue weighted by Crippen LogP contribution is 2.53. The summed E-state index contributed by atoms with van der Waals surface area (Å²) in [6, 6.07) is 3.37. The minimum atomic E-state index is -3.02. The van der Waals surface area contributed by atoms with E-state index in [1.165, 1.54) is 12.1 Å². The number of ether oxygens (including phenoxy) is 2. The summed E-state index contributed by atoms with van der Waals surface area (Å²) in [7, 11) is 1.68. The van der Waals surface area contributed by atoms with Crippen LogP contribution in [0.3, 0.4) is 0 Å². The Labute approximate surface area is 216 Å². The number of carbonyl (C=O) groups excluding carboxylic acids is 3. The number of rotatable bonds is 7. The molecule has 0 saturated heterocycles. The van der Waals surface area contributed by atoms with Crippen molar-refractivity contribution in [1.82, 2.24) is 9.88 Å². The van der Waals surface area contributed by atoms with E-state index in [9.17, 15) is 27.6 Å². The van der Waals surface area contributed by atoms with Gasteiger partial charge in [-0.05, 0) is 56.0 Å². The molecule has 1 unspecified atom stereocenters. The topological polar surface area (TPSA) is 98.7 Å². The summed E-state index contributed by atoms with van der Waals surface area (Å²) in [6.45, 7) is 2.69. The summed E-state index contributed by atoms with van der Waals surface area (Å²) in [6.07, 6.45) is -0.152. The molecule has 0 spiro atoms. The molecule has 2 N–H and O–H groups in total. The molecule has 12 heteroatoms. The Kier molecular flexibility index (Phi) is 7.20. The Bertz CT molecular complexity index is 1240. The van der Waals surface area contributed by atoms with E-state index in [0.29, 0.717) is 29.8 Å². The average Bonchev–Trinajstić information content (AvgIpc) is 3.30. The Morgan fingerprint density at radius 1 is 1.24 bits per heavy atom. The summed E-state index contributed by atoms with van der Waals surface area (Å²) < 4.78 is 52.6. The van der Waals surface area contributed by atoms with Crippen molar-refractivity contribution in [2.24, 2.45) is 12.5 Å². The van der Waals surface area contributed by atoms with E-state index in [0.717, 1.165) is 11.6 Å². The molecule has 200 valence electrons. The predicted octanol–water partition coefficient (Wildman–Crippen LogP) is 5.15. The number of halogens is 4. The van der Waals surface area contributed by atoms with Crippen LogP contribution >= 0.6 is 11.6 Å². The molecular weight excluding hydrogens is 515 g/mol. The molecule has 8 nitrogen and oxygen atoms in total. The zero-order valence-corrected chi connectivity index (χ0v) is 21.3. The Balaban J connectivity index is 1.40. The van der Waals surface area contributed by atoms with Crippen molar-refractivity contribution in [3.63, 3.8) is 0 Å². The molecular formula is C25H27ClF3N3O5. The van der Waals surface area contributed by atoms with Crippen LogP contribution in [0.25, 0.3) is 0 Å². The number of hydrogen-bond donors (Lipinski definition) is 2. The van der Waals surface area contributed by atoms with Gasteiger partial charge >= 0.3 is 12.1 Å². The van der Waals surface area contributed by atoms with E-state index in [1.54, 1.807) is 31.7 Å². The van der Waals surface area contributed by atoms with Gasteiger partial charge in [-0.2, -0.15) is 0 Å². The molecule has 1 heterocycles. The molecule has 1 aromatic heterocycles. The maximum Gasteiger partial charge on any atom is 0.407 e. The predicted molar refractivity (Wildman–Crippen MR) is 128 cm³/mol. The smallest absolute Gasteiger partial charge is 0.407 e. The van der Waals surface area contributed by atoms with Crippen LogP contribution in [0.2, 0.25) is 5.02 Å². The minimum absolute atomic E-state index is 0.123. The van der Waals surface area contributed by atoms with Gasteiger partial charge in [-0.1, -0.05) is 11.6 Å². The molecule has 4 rings (SSSR count). The monoisotopic (exact) mass is 541 g/mol. The van der Waals surface area contributed by atoms with Crippen molar-refractivity contribution in [2.75, 3.05) is 11.9 Å². The molecule has 0 radical (unpaired) electrons. The van der Waals surface area contributed by atoms with E-state index in [2.05, 4.69) is 10.6 Å². The molecule has 2 aliphatic carbocycles. The van der Waals surface area contributed by atoms with E-state index in [1.807, 2.05) is 0 Å². The summed E-state index contributed by atoms with van der Waals surface area (Å²) in [4.78, 5) is 37.9. The van der Waals surface area contributed by atoms with Gasteiger partial charge in [-0.25, -0.2) is 18.0 Å². The van der Waals surface area contributed by atoms with Crippen LogP contribution in [-0.2, 0) is 27.7 Å². The Morgan fingerprint density at radius 2 is 1.95 bits per heavy atom. The van der Waals surface area contributed by atoms with Crippen LogP contribution in [0.5, 0.6) is 0 Å². The minimum Gasteiger partial charge on any atom is -0.462 e. The lowest BCUT2D eigenvalue weighted by Crippen LogP contribution is -2.55. The Hall–Kier alpha value is -3.21. The fraction of sp³-hybridized carbons (Fsp3) is 0.480. The molecule has 1 fully saturated rings. The number of esters is 1. The summed E-state index contributed by atoms with van der Waals surface area (Å²) in [5.74, 6) is -4.86. The van der Waals surface area contributed by atoms with Gasteiger partial charge in [0.05, 0.1) is 17.2 Å². The lowest BCUT2D eigenvalue weighted by atomic mass is 9.66. The van der Waals surface area contributed by atoms with Gasteiger partial charge < -0.3 is 24.7 Å². The van der Waals surface area contributed by atoms with Gasteiger partial charge in [0, 0.05) is 31.8 Å². The van der Waals surface area contributed by atoms with Crippen molar-refractivity contribution >= 4 is 35.3 Å². The standard InChI is InChI=1S/C25H27ClF3N3O5/c1-13(2)37-22(34)24(10-25(28,29)11-24)12-36-23(35)31-19-7-5-15-16(19)9-32(3)20(15)21(33)30-14-4-6-18(27)17(26)8-14/h4,6,8-9,13,19H,5,7,10-12H2,1-3H3,(H,30,33)(H,31,35). The van der Waals surface area contributed by atoms with Crippen LogP contribution in [-0.4, -0.2) is 41.2 Å². The van der Waals surface area contributed by atoms with Crippen LogP contribution in [0, 0.1) is 11.2 Å². The van der Waals surface area contributed by atoms with E-state index in [-0.39, 0.29) is 5.02 Å². The van der Waals surface area contributed by atoms with Gasteiger partial charge in [-0.3, -0.25) is 9.59 Å². The third kappa shape index (κ3) is 5.56. The van der Waals surface area contributed by atoms with Crippen molar-refractivity contribution in [3.05, 3.63) is 52.1 Å². The average molecular weight is 542 g/mol. The number of anilines is 1. The van der Waals surface area contributed by atoms with Crippen molar-refractivity contribution in [1.29, 1.82) is 0 Å². The van der Waals surface area contributed by atoms with Gasteiger partial charge in [0.25, 0.3) is 11.8 Å². The molecule has 0 bridgehead atoms. The lowest BCUT2D eigenvalue weighted by Gasteiger charge is -2.44. The van der Waals surface area contributed by atoms with Gasteiger partial charge in [0.1, 0.15) is 23.5 Å². The first-order valence-electron chi connectivity index (χ1n) is 11.8. The molecule has 37 heavy (non-hydrogen) atoms. The zero-order valence-electron chi connectivity index (χ0n) is 20.5. The molecule has 2 aliphatic rings. The molecule has 0 aliphatic heterocycles. The van der Waals surface area contributed by atoms with Crippen molar-refractivity contribution in [3.8, 4) is 0 Å². The quantitative estimate of drug-likeness (QED) is 0.472. The number of nitrogens with one attached hydrogen (secondary N) is 2. The van der Waals surface area contributed by atoms with Crippen LogP contribution in [0.1, 0.15) is 60.8 Å². The number of alkyl carbamates (subject to hydrolysis) is 1. The highest BCUT2D eigenvalue weighted by atomic mass is 35.5. The van der Waals surface area contributed by atoms with Crippen LogP contribution < -0.4 is 10.6 Å². The van der Waals surface area contributed by atoms with Crippen LogP contribution in [0.4, 0.5) is 23.7 Å². The number of aryl methyl sites for hydroxylation is 1. The number of fused-ring (bicyclic) bond motifs is 1. The first-order valence-corrected chi connectivity index (χ1v) is 12.1. The normalized spacial score (nSPS) is 19.1. The van der Waals surface area contributed by atoms with E-state index in [4.69, 9.17) is 21.1 Å². The summed E-state index contributed by atoms with van der Waals surface area (Å²) in [5.41, 5.74) is 0.571. The SMILES string of the molecule is CC(C)OC(=O)C1(COC(=O)NC2CCc3c2cn(C)c3C(=O)Nc2ccc(F)c(Cl)c2)CC(F)(F)C1. The molecule has 1 aromatic carbocycles. The maximum absolute atomic E-state index is 13.6. The van der Waals surface area contributed by atoms with Gasteiger partial charge in [0.15, 0.2) is 0 Å². The zero-order chi connectivity index (χ0) is 27.1. The number of amides is 2. The number of nitrogens with zero attached hydrogens (tertiary/aromatic N) is 1. The third-order valence-corrected chi connectivity index (χ3v) is 6.80. The van der Waals surface area contributed by atoms with Gasteiger partial charge in [0.2, 0.25) is 0 Å². The number of carbonyl (C=O) groups is 3. The van der Waals surface area contributed by atoms with Crippen LogP contribution in [0.15, 0.2) is 24.4 Å². The largest absolute Gasteiger partial charge is 0.462 e. The highest BCUT2D eigenvalue weighted by molar-refractivity contribution is 6.31. The highest BCUT2D eigenvalue weighted by Gasteiger charge is 2.62. The van der Waals surface area contributed by atoms with Gasteiger partial charge in [-0.15, -0.1) is 0 Å².